The highest BCUT2D eigenvalue weighted by atomic mass is 16.5. The fraction of sp³-hybridized carbons (Fsp3) is 0.462. The molecule has 0 unspecified atom stereocenters. The van der Waals surface area contributed by atoms with Crippen molar-refractivity contribution in [3.63, 3.8) is 0 Å². The molecule has 1 aromatic heterocycles. The Hall–Kier alpha value is -2.82. The first-order valence-electron chi connectivity index (χ1n) is 11.4. The van der Waals surface area contributed by atoms with Crippen molar-refractivity contribution in [1.29, 1.82) is 0 Å². The number of aromatic nitrogens is 2. The monoisotopic (exact) mass is 421 g/mol. The second-order valence-electron chi connectivity index (χ2n) is 8.34. The molecule has 0 saturated carbocycles. The number of amides is 1. The number of ether oxygens (including phenoxy) is 1. The van der Waals surface area contributed by atoms with Crippen LogP contribution < -0.4 is 10.1 Å². The Balaban J connectivity index is 1.50. The van der Waals surface area contributed by atoms with Gasteiger partial charge in [0.25, 0.3) is 0 Å². The Morgan fingerprint density at radius 2 is 1.77 bits per heavy atom. The number of imidazole rings is 1. The fourth-order valence-electron chi connectivity index (χ4n) is 3.99. The fourth-order valence-corrected chi connectivity index (χ4v) is 3.99. The number of carbonyl (C=O) groups excluding carboxylic acids is 1. The molecule has 5 nitrogen and oxygen atoms in total. The van der Waals surface area contributed by atoms with Gasteiger partial charge in [0.2, 0.25) is 5.91 Å². The Morgan fingerprint density at radius 1 is 1.00 bits per heavy atom. The van der Waals surface area contributed by atoms with Gasteiger partial charge in [-0.2, -0.15) is 0 Å². The van der Waals surface area contributed by atoms with Crippen molar-refractivity contribution in [2.75, 3.05) is 13.2 Å². The van der Waals surface area contributed by atoms with Crippen LogP contribution in [0.15, 0.2) is 42.5 Å². The van der Waals surface area contributed by atoms with E-state index in [-0.39, 0.29) is 5.91 Å². The minimum absolute atomic E-state index is 0.0447. The first-order valence-corrected chi connectivity index (χ1v) is 11.4. The van der Waals surface area contributed by atoms with Gasteiger partial charge < -0.3 is 14.6 Å². The third kappa shape index (κ3) is 7.12. The number of hydrogen-bond acceptors (Lipinski definition) is 3. The van der Waals surface area contributed by atoms with Gasteiger partial charge in [0.1, 0.15) is 11.6 Å². The van der Waals surface area contributed by atoms with Gasteiger partial charge in [0, 0.05) is 26.4 Å². The molecule has 2 aromatic carbocycles. The van der Waals surface area contributed by atoms with E-state index >= 15 is 0 Å². The molecule has 3 rings (SSSR count). The summed E-state index contributed by atoms with van der Waals surface area (Å²) in [6.07, 6.45) is 6.21. The predicted molar refractivity (Wildman–Crippen MR) is 127 cm³/mol. The average molecular weight is 422 g/mol. The lowest BCUT2D eigenvalue weighted by Crippen LogP contribution is -2.20. The van der Waals surface area contributed by atoms with Crippen molar-refractivity contribution in [3.8, 4) is 5.75 Å². The number of nitrogens with zero attached hydrogens (tertiary/aromatic N) is 2. The number of nitrogens with one attached hydrogen (secondary N) is 1. The zero-order valence-electron chi connectivity index (χ0n) is 19.1. The molecule has 0 spiro atoms. The van der Waals surface area contributed by atoms with Crippen molar-refractivity contribution in [3.05, 3.63) is 59.4 Å². The zero-order chi connectivity index (χ0) is 22.1. The highest BCUT2D eigenvalue weighted by Crippen LogP contribution is 2.20. The van der Waals surface area contributed by atoms with Crippen LogP contribution in [0, 0.1) is 13.8 Å². The van der Waals surface area contributed by atoms with E-state index in [2.05, 4.69) is 66.2 Å². The maximum absolute atomic E-state index is 11.0. The molecular weight excluding hydrogens is 386 g/mol. The lowest BCUT2D eigenvalue weighted by Gasteiger charge is -2.11. The number of benzene rings is 2. The molecule has 3 aromatic rings. The van der Waals surface area contributed by atoms with Gasteiger partial charge in [-0.05, 0) is 74.9 Å². The summed E-state index contributed by atoms with van der Waals surface area (Å²) in [7, 11) is 0. The van der Waals surface area contributed by atoms with Gasteiger partial charge in [-0.25, -0.2) is 4.98 Å². The third-order valence-electron chi connectivity index (χ3n) is 5.42. The maximum atomic E-state index is 11.0. The summed E-state index contributed by atoms with van der Waals surface area (Å²) >= 11 is 0. The van der Waals surface area contributed by atoms with Gasteiger partial charge in [0.05, 0.1) is 17.6 Å². The highest BCUT2D eigenvalue weighted by molar-refractivity contribution is 5.75. The topological polar surface area (TPSA) is 56.2 Å². The zero-order valence-corrected chi connectivity index (χ0v) is 19.1. The predicted octanol–water partition coefficient (Wildman–Crippen LogP) is 5.36. The Bertz CT molecular complexity index is 973. The van der Waals surface area contributed by atoms with E-state index in [1.165, 1.54) is 16.6 Å². The quantitative estimate of drug-likeness (QED) is 0.401. The van der Waals surface area contributed by atoms with E-state index < -0.39 is 0 Å². The molecule has 0 radical (unpaired) electrons. The number of hydrogen-bond donors (Lipinski definition) is 1. The summed E-state index contributed by atoms with van der Waals surface area (Å²) in [4.78, 5) is 15.9. The van der Waals surface area contributed by atoms with E-state index in [9.17, 15) is 4.79 Å². The molecule has 0 aliphatic rings. The van der Waals surface area contributed by atoms with Gasteiger partial charge in [-0.15, -0.1) is 0 Å². The molecule has 166 valence electrons. The molecule has 0 fully saturated rings. The summed E-state index contributed by atoms with van der Waals surface area (Å²) < 4.78 is 8.34. The van der Waals surface area contributed by atoms with Gasteiger partial charge in [0.15, 0.2) is 0 Å². The van der Waals surface area contributed by atoms with Crippen LogP contribution in [0.3, 0.4) is 0 Å². The van der Waals surface area contributed by atoms with Crippen LogP contribution in [-0.4, -0.2) is 28.6 Å². The second kappa shape index (κ2) is 11.5. The highest BCUT2D eigenvalue weighted by Gasteiger charge is 2.10. The van der Waals surface area contributed by atoms with Crippen molar-refractivity contribution in [2.45, 2.75) is 65.8 Å². The largest absolute Gasteiger partial charge is 0.494 e. The Morgan fingerprint density at radius 3 is 2.55 bits per heavy atom. The summed E-state index contributed by atoms with van der Waals surface area (Å²) in [5.41, 5.74) is 4.76. The molecule has 1 amide bonds. The van der Waals surface area contributed by atoms with Crippen molar-refractivity contribution < 1.29 is 9.53 Å². The standard InChI is InChI=1S/C26H35N3O2/c1-20-17-21(2)19-23(18-20)31-16-10-9-15-29-25-12-7-6-11-24(25)28-26(29)13-5-4-8-14-27-22(3)30/h6-7,11-12,17-19H,4-5,8-10,13-16H2,1-3H3,(H,27,30). The van der Waals surface area contributed by atoms with Crippen LogP contribution in [0.4, 0.5) is 0 Å². The van der Waals surface area contributed by atoms with E-state index in [1.807, 2.05) is 0 Å². The number of unbranched alkanes of at least 4 members (excludes halogenated alkanes) is 3. The summed E-state index contributed by atoms with van der Waals surface area (Å²) in [5.74, 6) is 2.17. The molecule has 1 heterocycles. The molecule has 0 bridgehead atoms. The minimum Gasteiger partial charge on any atom is -0.494 e. The lowest BCUT2D eigenvalue weighted by molar-refractivity contribution is -0.118. The van der Waals surface area contributed by atoms with Gasteiger partial charge >= 0.3 is 0 Å². The Kier molecular flexibility index (Phi) is 8.51. The molecule has 5 heteroatoms. The lowest BCUT2D eigenvalue weighted by atomic mass is 10.1. The number of carbonyl (C=O) groups is 1. The normalized spacial score (nSPS) is 11.1. The molecule has 0 atom stereocenters. The third-order valence-corrected chi connectivity index (χ3v) is 5.42. The van der Waals surface area contributed by atoms with Crippen LogP contribution in [-0.2, 0) is 17.8 Å². The number of rotatable bonds is 12. The molecule has 0 aliphatic carbocycles. The van der Waals surface area contributed by atoms with Crippen LogP contribution in [0.2, 0.25) is 0 Å². The van der Waals surface area contributed by atoms with E-state index in [4.69, 9.17) is 9.72 Å². The first-order chi connectivity index (χ1) is 15.0. The van der Waals surface area contributed by atoms with Crippen molar-refractivity contribution in [2.24, 2.45) is 0 Å². The Labute approximate surface area is 185 Å². The second-order valence-corrected chi connectivity index (χ2v) is 8.34. The van der Waals surface area contributed by atoms with Crippen LogP contribution in [0.1, 0.15) is 56.0 Å². The summed E-state index contributed by atoms with van der Waals surface area (Å²) in [5, 5.41) is 2.86. The number of aryl methyl sites for hydroxylation is 4. The van der Waals surface area contributed by atoms with E-state index in [1.54, 1.807) is 6.92 Å². The van der Waals surface area contributed by atoms with Crippen LogP contribution in [0.5, 0.6) is 5.75 Å². The van der Waals surface area contributed by atoms with Crippen molar-refractivity contribution >= 4 is 16.9 Å². The molecule has 0 saturated heterocycles. The molecule has 1 N–H and O–H groups in total. The van der Waals surface area contributed by atoms with E-state index in [0.717, 1.165) is 75.3 Å². The average Bonchev–Trinajstić information content (AvgIpc) is 3.07. The van der Waals surface area contributed by atoms with Crippen LogP contribution >= 0.6 is 0 Å². The van der Waals surface area contributed by atoms with Crippen molar-refractivity contribution in [1.82, 2.24) is 14.9 Å². The number of fused-ring (bicyclic) bond motifs is 1. The minimum atomic E-state index is 0.0447. The molecule has 31 heavy (non-hydrogen) atoms. The summed E-state index contributed by atoms with van der Waals surface area (Å²) in [6.45, 7) is 8.21. The number of para-hydroxylation sites is 2. The maximum Gasteiger partial charge on any atom is 0.216 e. The molecular formula is C26H35N3O2. The van der Waals surface area contributed by atoms with Gasteiger partial charge in [-0.3, -0.25) is 4.79 Å². The SMILES string of the molecule is CC(=O)NCCCCCc1nc2ccccc2n1CCCCOc1cc(C)cc(C)c1. The smallest absolute Gasteiger partial charge is 0.216 e. The van der Waals surface area contributed by atoms with Crippen LogP contribution in [0.25, 0.3) is 11.0 Å². The van der Waals surface area contributed by atoms with E-state index in [0.29, 0.717) is 0 Å². The first kappa shape index (κ1) is 22.9. The molecule has 0 aliphatic heterocycles. The summed E-state index contributed by atoms with van der Waals surface area (Å²) in [6, 6.07) is 14.7. The van der Waals surface area contributed by atoms with Gasteiger partial charge in [-0.1, -0.05) is 24.6 Å².